The Bertz CT molecular complexity index is 546. The molecule has 1 heterocycles. The van der Waals surface area contributed by atoms with E-state index >= 15 is 0 Å². The van der Waals surface area contributed by atoms with Crippen LogP contribution in [0.25, 0.3) is 0 Å². The number of fused-ring (bicyclic) bond motifs is 1. The van der Waals surface area contributed by atoms with E-state index in [9.17, 15) is 0 Å². The van der Waals surface area contributed by atoms with E-state index in [0.717, 1.165) is 18.7 Å². The molecule has 2 aromatic carbocycles. The van der Waals surface area contributed by atoms with Gasteiger partial charge in [-0.15, -0.1) is 0 Å². The molecular weight excluding hydrogens is 222 g/mol. The summed E-state index contributed by atoms with van der Waals surface area (Å²) >= 11 is 0. The highest BCUT2D eigenvalue weighted by Gasteiger charge is 2.13. The molecule has 0 saturated heterocycles. The lowest BCUT2D eigenvalue weighted by atomic mass is 10.1. The molecular formula is C16H17NO. The van der Waals surface area contributed by atoms with E-state index in [-0.39, 0.29) is 0 Å². The van der Waals surface area contributed by atoms with E-state index < -0.39 is 0 Å². The molecule has 18 heavy (non-hydrogen) atoms. The molecule has 2 aromatic rings. The average molecular weight is 239 g/mol. The van der Waals surface area contributed by atoms with Gasteiger partial charge in [0.25, 0.3) is 0 Å². The number of anilines is 1. The minimum Gasteiger partial charge on any atom is -0.489 e. The lowest BCUT2D eigenvalue weighted by Crippen LogP contribution is -1.99. The minimum atomic E-state index is 0.647. The monoisotopic (exact) mass is 239 g/mol. The number of benzene rings is 2. The van der Waals surface area contributed by atoms with E-state index in [1.807, 2.05) is 12.1 Å². The number of hydrogen-bond donors (Lipinski definition) is 1. The second kappa shape index (κ2) is 4.73. The standard InChI is InChI=1S/C16H17NO/c1-12-5-7-14(8-6-12)18-11-13-3-2-4-16-15(13)9-10-17-16/h2-8,17H,9-11H2,1H3. The molecule has 2 nitrogen and oxygen atoms in total. The summed E-state index contributed by atoms with van der Waals surface area (Å²) in [6.45, 7) is 3.77. The molecule has 0 bridgehead atoms. The van der Waals surface area contributed by atoms with Crippen LogP contribution < -0.4 is 10.1 Å². The largest absolute Gasteiger partial charge is 0.489 e. The number of rotatable bonds is 3. The van der Waals surface area contributed by atoms with Crippen molar-refractivity contribution in [3.8, 4) is 5.75 Å². The van der Waals surface area contributed by atoms with Crippen LogP contribution in [0.15, 0.2) is 42.5 Å². The van der Waals surface area contributed by atoms with E-state index in [4.69, 9.17) is 4.74 Å². The van der Waals surface area contributed by atoms with Crippen molar-refractivity contribution in [2.45, 2.75) is 20.0 Å². The molecule has 0 saturated carbocycles. The molecule has 1 aliphatic heterocycles. The molecule has 0 spiro atoms. The van der Waals surface area contributed by atoms with Crippen molar-refractivity contribution in [1.82, 2.24) is 0 Å². The zero-order valence-electron chi connectivity index (χ0n) is 10.6. The third-order valence-electron chi connectivity index (χ3n) is 3.38. The first-order valence-corrected chi connectivity index (χ1v) is 6.37. The van der Waals surface area contributed by atoms with Gasteiger partial charge in [0, 0.05) is 12.2 Å². The van der Waals surface area contributed by atoms with Gasteiger partial charge in [0.1, 0.15) is 12.4 Å². The lowest BCUT2D eigenvalue weighted by molar-refractivity contribution is 0.305. The Morgan fingerprint density at radius 1 is 1.11 bits per heavy atom. The molecule has 1 N–H and O–H groups in total. The van der Waals surface area contributed by atoms with Crippen LogP contribution in [0.3, 0.4) is 0 Å². The van der Waals surface area contributed by atoms with Crippen molar-refractivity contribution in [1.29, 1.82) is 0 Å². The van der Waals surface area contributed by atoms with E-state index in [0.29, 0.717) is 6.61 Å². The van der Waals surface area contributed by atoms with Crippen molar-refractivity contribution >= 4 is 5.69 Å². The quantitative estimate of drug-likeness (QED) is 0.884. The van der Waals surface area contributed by atoms with Crippen molar-refractivity contribution in [2.75, 3.05) is 11.9 Å². The highest BCUT2D eigenvalue weighted by molar-refractivity contribution is 5.58. The molecule has 2 heteroatoms. The van der Waals surface area contributed by atoms with Gasteiger partial charge in [0.15, 0.2) is 0 Å². The molecule has 0 aliphatic carbocycles. The van der Waals surface area contributed by atoms with Crippen molar-refractivity contribution in [3.63, 3.8) is 0 Å². The highest BCUT2D eigenvalue weighted by Crippen LogP contribution is 2.26. The van der Waals surface area contributed by atoms with Crippen LogP contribution in [0.1, 0.15) is 16.7 Å². The van der Waals surface area contributed by atoms with Gasteiger partial charge < -0.3 is 10.1 Å². The first kappa shape index (κ1) is 11.1. The van der Waals surface area contributed by atoms with Crippen LogP contribution in [0.2, 0.25) is 0 Å². The van der Waals surface area contributed by atoms with Gasteiger partial charge in [0.2, 0.25) is 0 Å². The van der Waals surface area contributed by atoms with Crippen molar-refractivity contribution in [3.05, 3.63) is 59.2 Å². The Hall–Kier alpha value is -1.96. The van der Waals surface area contributed by atoms with Gasteiger partial charge >= 0.3 is 0 Å². The molecule has 92 valence electrons. The second-order valence-corrected chi connectivity index (χ2v) is 4.72. The van der Waals surface area contributed by atoms with Crippen LogP contribution in [0.4, 0.5) is 5.69 Å². The number of ether oxygens (including phenoxy) is 1. The van der Waals surface area contributed by atoms with E-state index in [2.05, 4.69) is 42.6 Å². The van der Waals surface area contributed by atoms with Gasteiger partial charge in [-0.05, 0) is 42.7 Å². The summed E-state index contributed by atoms with van der Waals surface area (Å²) in [6.07, 6.45) is 1.10. The maximum absolute atomic E-state index is 5.84. The molecule has 0 amide bonds. The van der Waals surface area contributed by atoms with Gasteiger partial charge in [-0.1, -0.05) is 29.8 Å². The first-order chi connectivity index (χ1) is 8.83. The Morgan fingerprint density at radius 3 is 2.78 bits per heavy atom. The fourth-order valence-electron chi connectivity index (χ4n) is 2.35. The molecule has 0 unspecified atom stereocenters. The molecule has 3 rings (SSSR count). The number of aryl methyl sites for hydroxylation is 1. The number of hydrogen-bond acceptors (Lipinski definition) is 2. The Kier molecular flexibility index (Phi) is 2.93. The third-order valence-corrected chi connectivity index (χ3v) is 3.38. The topological polar surface area (TPSA) is 21.3 Å². The van der Waals surface area contributed by atoms with E-state index in [1.165, 1.54) is 22.4 Å². The summed E-state index contributed by atoms with van der Waals surface area (Å²) in [5, 5.41) is 3.39. The Labute approximate surface area is 108 Å². The van der Waals surface area contributed by atoms with Gasteiger partial charge in [-0.2, -0.15) is 0 Å². The highest BCUT2D eigenvalue weighted by atomic mass is 16.5. The maximum atomic E-state index is 5.84. The summed E-state index contributed by atoms with van der Waals surface area (Å²) in [5.74, 6) is 0.934. The minimum absolute atomic E-state index is 0.647. The van der Waals surface area contributed by atoms with Gasteiger partial charge in [-0.25, -0.2) is 0 Å². The second-order valence-electron chi connectivity index (χ2n) is 4.72. The Morgan fingerprint density at radius 2 is 1.94 bits per heavy atom. The average Bonchev–Trinajstić information content (AvgIpc) is 2.87. The predicted octanol–water partition coefficient (Wildman–Crippen LogP) is 3.54. The van der Waals surface area contributed by atoms with Crippen LogP contribution in [0, 0.1) is 6.92 Å². The van der Waals surface area contributed by atoms with Crippen LogP contribution in [0.5, 0.6) is 5.75 Å². The first-order valence-electron chi connectivity index (χ1n) is 6.37. The molecule has 0 fully saturated rings. The number of nitrogens with one attached hydrogen (secondary N) is 1. The zero-order valence-corrected chi connectivity index (χ0v) is 10.6. The maximum Gasteiger partial charge on any atom is 0.119 e. The summed E-state index contributed by atoms with van der Waals surface area (Å²) < 4.78 is 5.84. The summed E-state index contributed by atoms with van der Waals surface area (Å²) in [4.78, 5) is 0. The summed E-state index contributed by atoms with van der Waals surface area (Å²) in [6, 6.07) is 14.6. The fraction of sp³-hybridized carbons (Fsp3) is 0.250. The molecule has 0 radical (unpaired) electrons. The Balaban J connectivity index is 1.74. The molecule has 1 aliphatic rings. The predicted molar refractivity (Wildman–Crippen MR) is 74.1 cm³/mol. The smallest absolute Gasteiger partial charge is 0.119 e. The van der Waals surface area contributed by atoms with Crippen molar-refractivity contribution < 1.29 is 4.74 Å². The SMILES string of the molecule is Cc1ccc(OCc2cccc3c2CCN3)cc1. The molecule has 0 aromatic heterocycles. The van der Waals surface area contributed by atoms with Crippen LogP contribution >= 0.6 is 0 Å². The summed E-state index contributed by atoms with van der Waals surface area (Å²) in [7, 11) is 0. The van der Waals surface area contributed by atoms with Crippen LogP contribution in [-0.4, -0.2) is 6.54 Å². The molecule has 0 atom stereocenters. The van der Waals surface area contributed by atoms with Crippen LogP contribution in [-0.2, 0) is 13.0 Å². The zero-order chi connectivity index (χ0) is 12.4. The summed E-state index contributed by atoms with van der Waals surface area (Å²) in [5.41, 5.74) is 5.22. The van der Waals surface area contributed by atoms with Crippen molar-refractivity contribution in [2.24, 2.45) is 0 Å². The normalized spacial score (nSPS) is 12.9. The van der Waals surface area contributed by atoms with Gasteiger partial charge in [0.05, 0.1) is 0 Å². The lowest BCUT2D eigenvalue weighted by Gasteiger charge is -2.10. The van der Waals surface area contributed by atoms with Gasteiger partial charge in [-0.3, -0.25) is 0 Å². The third kappa shape index (κ3) is 2.19. The fourth-order valence-corrected chi connectivity index (χ4v) is 2.35. The van der Waals surface area contributed by atoms with E-state index in [1.54, 1.807) is 0 Å².